The molecule has 1 aromatic carbocycles. The standard InChI is InChI=1S/C22H29NO3/c1-4-10-20(24-16-17-12-8-7-9-13-17)19(6-3)26-22-14-18(15-23)25-21(22)11-5-2/h4-5,7-9,12-13,18-22H,1-2,6,10-11,14,16H2,3H3/t18-,19-,20-,21+,22+/m1/s1. The van der Waals surface area contributed by atoms with Gasteiger partial charge in [-0.3, -0.25) is 0 Å². The van der Waals surface area contributed by atoms with Crippen LogP contribution in [0.15, 0.2) is 55.6 Å². The molecule has 0 spiro atoms. The molecule has 26 heavy (non-hydrogen) atoms. The Morgan fingerprint density at radius 2 is 2.04 bits per heavy atom. The molecule has 1 aromatic rings. The smallest absolute Gasteiger partial charge is 0.147 e. The quantitative estimate of drug-likeness (QED) is 0.546. The second-order valence-electron chi connectivity index (χ2n) is 6.53. The van der Waals surface area contributed by atoms with Gasteiger partial charge in [0.2, 0.25) is 0 Å². The lowest BCUT2D eigenvalue weighted by molar-refractivity contribution is -0.120. The molecule has 1 heterocycles. The van der Waals surface area contributed by atoms with Crippen molar-refractivity contribution in [3.8, 4) is 6.07 Å². The molecule has 1 aliphatic rings. The molecule has 1 saturated heterocycles. The maximum Gasteiger partial charge on any atom is 0.147 e. The van der Waals surface area contributed by atoms with E-state index in [1.165, 1.54) is 0 Å². The minimum absolute atomic E-state index is 0.0740. The molecule has 1 fully saturated rings. The maximum absolute atomic E-state index is 9.17. The molecule has 140 valence electrons. The SMILES string of the molecule is C=CC[C@@H]1O[C@@H](C#N)C[C@@H]1O[C@H](CC)[C@@H](CC=C)OCc1ccccc1. The number of hydrogen-bond acceptors (Lipinski definition) is 4. The van der Waals surface area contributed by atoms with Gasteiger partial charge in [0.15, 0.2) is 0 Å². The topological polar surface area (TPSA) is 51.5 Å². The summed E-state index contributed by atoms with van der Waals surface area (Å²) in [4.78, 5) is 0. The second kappa shape index (κ2) is 10.9. The molecule has 0 saturated carbocycles. The molecular weight excluding hydrogens is 326 g/mol. The Hall–Kier alpha value is -1.93. The van der Waals surface area contributed by atoms with Gasteiger partial charge in [0, 0.05) is 6.42 Å². The molecule has 1 aliphatic heterocycles. The summed E-state index contributed by atoms with van der Waals surface area (Å²) < 4.78 is 18.3. The van der Waals surface area contributed by atoms with Gasteiger partial charge in [-0.1, -0.05) is 49.4 Å². The van der Waals surface area contributed by atoms with Gasteiger partial charge < -0.3 is 14.2 Å². The van der Waals surface area contributed by atoms with Crippen LogP contribution in [0, 0.1) is 11.3 Å². The van der Waals surface area contributed by atoms with E-state index in [9.17, 15) is 5.26 Å². The van der Waals surface area contributed by atoms with Gasteiger partial charge in [0.05, 0.1) is 37.1 Å². The predicted molar refractivity (Wildman–Crippen MR) is 102 cm³/mol. The van der Waals surface area contributed by atoms with Crippen molar-refractivity contribution in [1.29, 1.82) is 5.26 Å². The first kappa shape index (κ1) is 20.4. The van der Waals surface area contributed by atoms with Crippen LogP contribution in [-0.4, -0.2) is 30.5 Å². The molecule has 2 rings (SSSR count). The Labute approximate surface area is 157 Å². The van der Waals surface area contributed by atoms with Gasteiger partial charge in [0.1, 0.15) is 6.10 Å². The Bertz CT molecular complexity index is 595. The number of nitriles is 1. The lowest BCUT2D eigenvalue weighted by Crippen LogP contribution is -2.37. The summed E-state index contributed by atoms with van der Waals surface area (Å²) in [5.41, 5.74) is 1.13. The van der Waals surface area contributed by atoms with Crippen molar-refractivity contribution in [2.75, 3.05) is 0 Å². The van der Waals surface area contributed by atoms with Crippen molar-refractivity contribution in [3.63, 3.8) is 0 Å². The van der Waals surface area contributed by atoms with Crippen LogP contribution in [0.3, 0.4) is 0 Å². The van der Waals surface area contributed by atoms with Gasteiger partial charge in [-0.05, 0) is 24.8 Å². The molecule has 0 unspecified atom stereocenters. The predicted octanol–water partition coefficient (Wildman–Crippen LogP) is 4.57. The van der Waals surface area contributed by atoms with Crippen molar-refractivity contribution >= 4 is 0 Å². The van der Waals surface area contributed by atoms with Crippen molar-refractivity contribution in [3.05, 3.63) is 61.2 Å². The van der Waals surface area contributed by atoms with E-state index in [4.69, 9.17) is 14.2 Å². The van der Waals surface area contributed by atoms with Crippen LogP contribution in [0.2, 0.25) is 0 Å². The summed E-state index contributed by atoms with van der Waals surface area (Å²) in [5, 5.41) is 9.17. The monoisotopic (exact) mass is 355 g/mol. The third kappa shape index (κ3) is 5.81. The van der Waals surface area contributed by atoms with Crippen LogP contribution in [0.4, 0.5) is 0 Å². The van der Waals surface area contributed by atoms with Crippen molar-refractivity contribution in [1.82, 2.24) is 0 Å². The number of rotatable bonds is 11. The van der Waals surface area contributed by atoms with E-state index in [0.717, 1.165) is 12.0 Å². The third-order valence-corrected chi connectivity index (χ3v) is 4.62. The zero-order valence-electron chi connectivity index (χ0n) is 15.5. The summed E-state index contributed by atoms with van der Waals surface area (Å²) in [5.74, 6) is 0. The fourth-order valence-corrected chi connectivity index (χ4v) is 3.26. The van der Waals surface area contributed by atoms with E-state index in [0.29, 0.717) is 25.9 Å². The molecule has 0 radical (unpaired) electrons. The van der Waals surface area contributed by atoms with Crippen LogP contribution >= 0.6 is 0 Å². The largest absolute Gasteiger partial charge is 0.371 e. The number of benzene rings is 1. The highest BCUT2D eigenvalue weighted by molar-refractivity contribution is 5.13. The second-order valence-corrected chi connectivity index (χ2v) is 6.53. The molecular formula is C22H29NO3. The lowest BCUT2D eigenvalue weighted by atomic mass is 10.0. The summed E-state index contributed by atoms with van der Waals surface area (Å²) in [6.45, 7) is 10.3. The highest BCUT2D eigenvalue weighted by Gasteiger charge is 2.37. The minimum Gasteiger partial charge on any atom is -0.371 e. The average Bonchev–Trinajstić information content (AvgIpc) is 3.06. The van der Waals surface area contributed by atoms with Crippen LogP contribution in [0.25, 0.3) is 0 Å². The Morgan fingerprint density at radius 1 is 1.27 bits per heavy atom. The maximum atomic E-state index is 9.17. The first-order valence-electron chi connectivity index (χ1n) is 9.29. The third-order valence-electron chi connectivity index (χ3n) is 4.62. The van der Waals surface area contributed by atoms with E-state index >= 15 is 0 Å². The molecule has 4 heteroatoms. The van der Waals surface area contributed by atoms with Gasteiger partial charge in [-0.2, -0.15) is 5.26 Å². The summed E-state index contributed by atoms with van der Waals surface area (Å²) in [6.07, 6.45) is 5.68. The van der Waals surface area contributed by atoms with Crippen molar-refractivity contribution in [2.45, 2.75) is 69.7 Å². The first-order chi connectivity index (χ1) is 12.7. The van der Waals surface area contributed by atoms with Crippen LogP contribution in [-0.2, 0) is 20.8 Å². The van der Waals surface area contributed by atoms with E-state index in [1.54, 1.807) is 0 Å². The van der Waals surface area contributed by atoms with Gasteiger partial charge >= 0.3 is 0 Å². The molecule has 0 N–H and O–H groups in total. The highest BCUT2D eigenvalue weighted by atomic mass is 16.6. The van der Waals surface area contributed by atoms with E-state index < -0.39 is 6.10 Å². The summed E-state index contributed by atoms with van der Waals surface area (Å²) >= 11 is 0. The summed E-state index contributed by atoms with van der Waals surface area (Å²) in [6, 6.07) is 12.3. The normalized spacial score (nSPS) is 24.5. The molecule has 5 atom stereocenters. The van der Waals surface area contributed by atoms with Crippen molar-refractivity contribution < 1.29 is 14.2 Å². The molecule has 0 aliphatic carbocycles. The number of nitrogens with zero attached hydrogens (tertiary/aromatic N) is 1. The zero-order chi connectivity index (χ0) is 18.8. The van der Waals surface area contributed by atoms with Crippen LogP contribution < -0.4 is 0 Å². The Morgan fingerprint density at radius 3 is 2.65 bits per heavy atom. The lowest BCUT2D eigenvalue weighted by Gasteiger charge is -2.30. The van der Waals surface area contributed by atoms with E-state index in [-0.39, 0.29) is 24.4 Å². The summed E-state index contributed by atoms with van der Waals surface area (Å²) in [7, 11) is 0. The van der Waals surface area contributed by atoms with Gasteiger partial charge in [-0.25, -0.2) is 0 Å². The van der Waals surface area contributed by atoms with Crippen LogP contribution in [0.5, 0.6) is 0 Å². The highest BCUT2D eigenvalue weighted by Crippen LogP contribution is 2.29. The first-order valence-corrected chi connectivity index (χ1v) is 9.29. The molecule has 0 aromatic heterocycles. The molecule has 0 amide bonds. The fourth-order valence-electron chi connectivity index (χ4n) is 3.26. The van der Waals surface area contributed by atoms with Gasteiger partial charge in [0.25, 0.3) is 0 Å². The van der Waals surface area contributed by atoms with E-state index in [2.05, 4.69) is 38.3 Å². The Balaban J connectivity index is 2.00. The number of ether oxygens (including phenoxy) is 3. The zero-order valence-corrected chi connectivity index (χ0v) is 15.5. The Kier molecular flexibility index (Phi) is 8.57. The van der Waals surface area contributed by atoms with Gasteiger partial charge in [-0.15, -0.1) is 13.2 Å². The minimum atomic E-state index is -0.412. The fraction of sp³-hybridized carbons (Fsp3) is 0.500. The van der Waals surface area contributed by atoms with E-state index in [1.807, 2.05) is 30.4 Å². The average molecular weight is 355 g/mol. The number of hydrogen-bond donors (Lipinski definition) is 0. The van der Waals surface area contributed by atoms with Crippen LogP contribution in [0.1, 0.15) is 38.2 Å². The molecule has 0 bridgehead atoms. The molecule has 4 nitrogen and oxygen atoms in total. The van der Waals surface area contributed by atoms with Crippen molar-refractivity contribution in [2.24, 2.45) is 0 Å².